The summed E-state index contributed by atoms with van der Waals surface area (Å²) in [4.78, 5) is 15.0. The van der Waals surface area contributed by atoms with Crippen LogP contribution in [0, 0.1) is 0 Å². The minimum absolute atomic E-state index is 0.173. The number of methoxy groups -OCH3 is 2. The molecule has 0 fully saturated rings. The highest BCUT2D eigenvalue weighted by Crippen LogP contribution is 2.46. The Bertz CT molecular complexity index is 1340. The van der Waals surface area contributed by atoms with Crippen molar-refractivity contribution >= 4 is 17.6 Å². The number of carbonyl (C=O) groups excluding carboxylic acids is 1. The van der Waals surface area contributed by atoms with Gasteiger partial charge in [-0.1, -0.05) is 62.4 Å². The van der Waals surface area contributed by atoms with Gasteiger partial charge >= 0.3 is 6.09 Å². The number of aromatic nitrogens is 2. The zero-order chi connectivity index (χ0) is 28.9. The number of carbonyl (C=O) groups is 1. The molecule has 0 bridgehead atoms. The zero-order valence-electron chi connectivity index (χ0n) is 24.4. The van der Waals surface area contributed by atoms with E-state index in [0.29, 0.717) is 29.0 Å². The Balaban J connectivity index is 1.76. The molecule has 3 aromatic rings. The van der Waals surface area contributed by atoms with Crippen LogP contribution in [-0.2, 0) is 26.4 Å². The van der Waals surface area contributed by atoms with Gasteiger partial charge in [0, 0.05) is 31.7 Å². The van der Waals surface area contributed by atoms with E-state index in [-0.39, 0.29) is 5.92 Å². The summed E-state index contributed by atoms with van der Waals surface area (Å²) in [6.45, 7) is 10.5. The molecule has 2 N–H and O–H groups in total. The molecule has 2 unspecified atom stereocenters. The number of rotatable bonds is 9. The summed E-state index contributed by atoms with van der Waals surface area (Å²) in [5.41, 5.74) is 1.84. The summed E-state index contributed by atoms with van der Waals surface area (Å²) < 4.78 is 17.6. The molecule has 0 saturated carbocycles. The Labute approximate surface area is 237 Å². The molecule has 8 heteroatoms. The molecule has 0 saturated heterocycles. The van der Waals surface area contributed by atoms with Gasteiger partial charge in [0.25, 0.3) is 0 Å². The van der Waals surface area contributed by atoms with E-state index in [1.165, 1.54) is 4.90 Å². The van der Waals surface area contributed by atoms with E-state index in [0.717, 1.165) is 17.7 Å². The number of ether oxygens (including phenoxy) is 3. The molecule has 2 atom stereocenters. The Hall–Kier alpha value is -3.88. The summed E-state index contributed by atoms with van der Waals surface area (Å²) in [7, 11) is 3.29. The first kappa shape index (κ1) is 29.1. The van der Waals surface area contributed by atoms with Crippen molar-refractivity contribution in [1.82, 2.24) is 15.5 Å². The second-order valence-corrected chi connectivity index (χ2v) is 11.2. The number of amides is 1. The molecule has 212 valence electrons. The number of nitrogens with zero attached hydrogens (tertiary/aromatic N) is 2. The van der Waals surface area contributed by atoms with Crippen LogP contribution in [-0.4, -0.2) is 42.2 Å². The van der Waals surface area contributed by atoms with Crippen molar-refractivity contribution < 1.29 is 19.0 Å². The monoisotopic (exact) mass is 544 g/mol. The first-order chi connectivity index (χ1) is 19.1. The van der Waals surface area contributed by atoms with Gasteiger partial charge < -0.3 is 19.5 Å². The number of aromatic amines is 1. The van der Waals surface area contributed by atoms with Crippen molar-refractivity contribution in [3.8, 4) is 0 Å². The molecule has 2 aromatic carbocycles. The number of hydrogen-bond acceptors (Lipinski definition) is 6. The number of anilines is 2. The van der Waals surface area contributed by atoms with Gasteiger partial charge in [-0.05, 0) is 56.2 Å². The largest absolute Gasteiger partial charge is 0.497 e. The van der Waals surface area contributed by atoms with E-state index in [9.17, 15) is 4.79 Å². The maximum absolute atomic E-state index is 13.5. The lowest BCUT2D eigenvalue weighted by Crippen LogP contribution is -2.36. The normalized spacial score (nSPS) is 18.9. The molecule has 8 nitrogen and oxygen atoms in total. The molecule has 1 amide bonds. The predicted octanol–water partition coefficient (Wildman–Crippen LogP) is 6.71. The molecule has 1 heterocycles. The van der Waals surface area contributed by atoms with Gasteiger partial charge in [-0.3, -0.25) is 5.10 Å². The number of benzene rings is 2. The smallest absolute Gasteiger partial charge is 0.420 e. The summed E-state index contributed by atoms with van der Waals surface area (Å²) in [6, 6.07) is 20.1. The molecule has 0 radical (unpaired) electrons. The minimum Gasteiger partial charge on any atom is -0.497 e. The van der Waals surface area contributed by atoms with Gasteiger partial charge in [0.15, 0.2) is 5.82 Å². The molecule has 4 rings (SSSR count). The van der Waals surface area contributed by atoms with Crippen LogP contribution in [0.4, 0.5) is 16.3 Å². The fourth-order valence-corrected chi connectivity index (χ4v) is 4.72. The van der Waals surface area contributed by atoms with Crippen LogP contribution in [0.3, 0.4) is 0 Å². The van der Waals surface area contributed by atoms with Crippen molar-refractivity contribution in [1.29, 1.82) is 0 Å². The van der Waals surface area contributed by atoms with Crippen LogP contribution in [0.2, 0.25) is 0 Å². The third-order valence-corrected chi connectivity index (χ3v) is 6.70. The standard InChI is InChI=1S/C32H40N4O4/c1-22(2)33-21-23-13-15-25(16-14-23)36(30(37)40-31(3,4)5)29-19-28(34-35-29)32(39-7)20-26(38-6)17-18-27(32)24-11-9-8-10-12-24/h8-20,22,27,33H,21H2,1-7H3,(H,34,35). The molecule has 0 spiro atoms. The van der Waals surface area contributed by atoms with Crippen molar-refractivity contribution in [2.45, 2.75) is 64.3 Å². The van der Waals surface area contributed by atoms with E-state index < -0.39 is 17.3 Å². The first-order valence-electron chi connectivity index (χ1n) is 13.5. The SMILES string of the molecule is COC1=CC(OC)(c2cc(N(C(=O)OC(C)(C)C)c3ccc(CNC(C)C)cc3)n[nH]2)C(c2ccccc2)C=C1. The van der Waals surface area contributed by atoms with Crippen LogP contribution < -0.4 is 10.2 Å². The molecule has 1 aliphatic carbocycles. The van der Waals surface area contributed by atoms with Crippen molar-refractivity contribution in [3.63, 3.8) is 0 Å². The van der Waals surface area contributed by atoms with Crippen molar-refractivity contribution in [2.75, 3.05) is 19.1 Å². The van der Waals surface area contributed by atoms with E-state index in [1.54, 1.807) is 14.2 Å². The van der Waals surface area contributed by atoms with Gasteiger partial charge in [0.1, 0.15) is 17.0 Å². The molecule has 40 heavy (non-hydrogen) atoms. The van der Waals surface area contributed by atoms with Crippen LogP contribution in [0.5, 0.6) is 0 Å². The second kappa shape index (κ2) is 12.1. The lowest BCUT2D eigenvalue weighted by atomic mass is 9.76. The molecular formula is C32H40N4O4. The van der Waals surface area contributed by atoms with Gasteiger partial charge in [-0.15, -0.1) is 0 Å². The Morgan fingerprint density at radius 2 is 1.80 bits per heavy atom. The molecular weight excluding hydrogens is 504 g/mol. The van der Waals surface area contributed by atoms with Crippen LogP contribution >= 0.6 is 0 Å². The number of nitrogens with one attached hydrogen (secondary N) is 2. The third kappa shape index (κ3) is 6.46. The summed E-state index contributed by atoms with van der Waals surface area (Å²) >= 11 is 0. The highest BCUT2D eigenvalue weighted by atomic mass is 16.6. The first-order valence-corrected chi connectivity index (χ1v) is 13.5. The summed E-state index contributed by atoms with van der Waals surface area (Å²) in [5, 5.41) is 11.2. The second-order valence-electron chi connectivity index (χ2n) is 11.2. The van der Waals surface area contributed by atoms with Crippen LogP contribution in [0.1, 0.15) is 57.4 Å². The average molecular weight is 545 g/mol. The molecule has 0 aliphatic heterocycles. The number of allylic oxidation sites excluding steroid dienone is 1. The topological polar surface area (TPSA) is 88.7 Å². The summed E-state index contributed by atoms with van der Waals surface area (Å²) in [5.74, 6) is 0.885. The fourth-order valence-electron chi connectivity index (χ4n) is 4.72. The maximum Gasteiger partial charge on any atom is 0.420 e. The average Bonchev–Trinajstić information content (AvgIpc) is 3.42. The van der Waals surface area contributed by atoms with Crippen LogP contribution in [0.15, 0.2) is 84.7 Å². The molecule has 1 aromatic heterocycles. The number of H-pyrrole nitrogens is 1. The minimum atomic E-state index is -0.960. The highest BCUT2D eigenvalue weighted by molar-refractivity contribution is 5.95. The highest BCUT2D eigenvalue weighted by Gasteiger charge is 2.43. The lowest BCUT2D eigenvalue weighted by Gasteiger charge is -2.37. The number of hydrogen-bond donors (Lipinski definition) is 2. The van der Waals surface area contributed by atoms with Crippen LogP contribution in [0.25, 0.3) is 0 Å². The predicted molar refractivity (Wildman–Crippen MR) is 157 cm³/mol. The maximum atomic E-state index is 13.5. The van der Waals surface area contributed by atoms with Gasteiger partial charge in [0.2, 0.25) is 0 Å². The van der Waals surface area contributed by atoms with Crippen molar-refractivity contribution in [3.05, 3.63) is 101 Å². The van der Waals surface area contributed by atoms with Gasteiger partial charge in [0.05, 0.1) is 18.5 Å². The Morgan fingerprint density at radius 3 is 2.40 bits per heavy atom. The van der Waals surface area contributed by atoms with E-state index in [2.05, 4.69) is 47.6 Å². The van der Waals surface area contributed by atoms with Gasteiger partial charge in [-0.25, -0.2) is 9.69 Å². The third-order valence-electron chi connectivity index (χ3n) is 6.70. The Kier molecular flexibility index (Phi) is 8.81. The lowest BCUT2D eigenvalue weighted by molar-refractivity contribution is 0.00777. The quantitative estimate of drug-likeness (QED) is 0.311. The fraction of sp³-hybridized carbons (Fsp3) is 0.375. The van der Waals surface area contributed by atoms with E-state index >= 15 is 0 Å². The van der Waals surface area contributed by atoms with E-state index in [1.807, 2.05) is 81.5 Å². The van der Waals surface area contributed by atoms with Gasteiger partial charge in [-0.2, -0.15) is 5.10 Å². The van der Waals surface area contributed by atoms with E-state index in [4.69, 9.17) is 14.2 Å². The van der Waals surface area contributed by atoms with Crippen molar-refractivity contribution in [2.24, 2.45) is 0 Å². The summed E-state index contributed by atoms with van der Waals surface area (Å²) in [6.07, 6.45) is 5.42. The zero-order valence-corrected chi connectivity index (χ0v) is 24.4. The molecule has 1 aliphatic rings. The Morgan fingerprint density at radius 1 is 1.10 bits per heavy atom.